The highest BCUT2D eigenvalue weighted by Gasteiger charge is 2.30. The van der Waals surface area contributed by atoms with Gasteiger partial charge in [-0.05, 0) is 12.1 Å². The molecule has 4 rings (SSSR count). The Morgan fingerprint density at radius 2 is 1.69 bits per heavy atom. The second kappa shape index (κ2) is 6.58. The summed E-state index contributed by atoms with van der Waals surface area (Å²) < 4.78 is 40.6. The summed E-state index contributed by atoms with van der Waals surface area (Å²) in [7, 11) is -3.62. The minimum Gasteiger partial charge on any atom is -0.338 e. The molecular weight excluding hydrogens is 357 g/mol. The van der Waals surface area contributed by atoms with Crippen molar-refractivity contribution in [2.45, 2.75) is 4.90 Å². The number of anilines is 1. The molecule has 0 amide bonds. The van der Waals surface area contributed by atoms with Gasteiger partial charge >= 0.3 is 0 Å². The Bertz CT molecular complexity index is 1030. The van der Waals surface area contributed by atoms with Crippen LogP contribution in [0, 0.1) is 5.82 Å². The Labute approximate surface area is 150 Å². The highest BCUT2D eigenvalue weighted by molar-refractivity contribution is 7.89. The van der Waals surface area contributed by atoms with Gasteiger partial charge in [-0.25, -0.2) is 22.8 Å². The lowest BCUT2D eigenvalue weighted by atomic mass is 10.2. The number of rotatable bonds is 3. The van der Waals surface area contributed by atoms with Crippen LogP contribution in [0.25, 0.3) is 10.8 Å². The molecule has 2 aromatic heterocycles. The first kappa shape index (κ1) is 16.8. The number of halogens is 1. The fraction of sp³-hybridized carbons (Fsp3) is 0.235. The predicted octanol–water partition coefficient (Wildman–Crippen LogP) is 1.67. The lowest BCUT2D eigenvalue weighted by Crippen LogP contribution is -2.49. The van der Waals surface area contributed by atoms with Gasteiger partial charge in [0.2, 0.25) is 16.0 Å². The van der Waals surface area contributed by atoms with E-state index in [0.717, 1.165) is 17.8 Å². The zero-order valence-electron chi connectivity index (χ0n) is 13.8. The standard InChI is InChI=1S/C17H16FN5O2S/c18-14-11-20-17(21-12-14)22-6-8-23(9-7-22)26(24,25)16-3-1-2-13-10-19-5-4-15(13)16/h1-5,10-12H,6-9H2. The van der Waals surface area contributed by atoms with Gasteiger partial charge in [0.05, 0.1) is 17.3 Å². The predicted molar refractivity (Wildman–Crippen MR) is 94.7 cm³/mol. The number of hydrogen-bond acceptors (Lipinski definition) is 6. The van der Waals surface area contributed by atoms with Gasteiger partial charge in [0.15, 0.2) is 5.82 Å². The van der Waals surface area contributed by atoms with Crippen molar-refractivity contribution in [2.24, 2.45) is 0 Å². The molecule has 1 aliphatic rings. The van der Waals surface area contributed by atoms with Crippen LogP contribution in [-0.2, 0) is 10.0 Å². The van der Waals surface area contributed by atoms with E-state index in [2.05, 4.69) is 15.0 Å². The van der Waals surface area contributed by atoms with E-state index >= 15 is 0 Å². The van der Waals surface area contributed by atoms with Crippen molar-refractivity contribution >= 4 is 26.7 Å². The largest absolute Gasteiger partial charge is 0.338 e. The van der Waals surface area contributed by atoms with Gasteiger partial charge in [0.1, 0.15) is 0 Å². The highest BCUT2D eigenvalue weighted by atomic mass is 32.2. The normalized spacial score (nSPS) is 16.1. The molecule has 9 heteroatoms. The van der Waals surface area contributed by atoms with E-state index < -0.39 is 15.8 Å². The Balaban J connectivity index is 1.57. The van der Waals surface area contributed by atoms with E-state index in [9.17, 15) is 12.8 Å². The maximum absolute atomic E-state index is 13.1. The molecule has 1 aliphatic heterocycles. The van der Waals surface area contributed by atoms with Crippen LogP contribution < -0.4 is 4.90 Å². The number of pyridine rings is 1. The summed E-state index contributed by atoms with van der Waals surface area (Å²) in [6, 6.07) is 6.89. The van der Waals surface area contributed by atoms with Gasteiger partial charge in [0, 0.05) is 49.3 Å². The van der Waals surface area contributed by atoms with E-state index in [1.165, 1.54) is 4.31 Å². The molecule has 3 aromatic rings. The van der Waals surface area contributed by atoms with Crippen molar-refractivity contribution in [1.29, 1.82) is 0 Å². The van der Waals surface area contributed by atoms with E-state index in [1.807, 2.05) is 11.0 Å². The summed E-state index contributed by atoms with van der Waals surface area (Å²) >= 11 is 0. The van der Waals surface area contributed by atoms with Crippen molar-refractivity contribution in [3.8, 4) is 0 Å². The van der Waals surface area contributed by atoms with Gasteiger partial charge in [-0.1, -0.05) is 12.1 Å². The molecule has 0 bridgehead atoms. The summed E-state index contributed by atoms with van der Waals surface area (Å²) in [5, 5.41) is 1.44. The second-order valence-electron chi connectivity index (χ2n) is 5.95. The first-order valence-corrected chi connectivity index (χ1v) is 9.55. The minimum atomic E-state index is -3.62. The lowest BCUT2D eigenvalue weighted by molar-refractivity contribution is 0.382. The summed E-state index contributed by atoms with van der Waals surface area (Å²) in [6.45, 7) is 1.50. The lowest BCUT2D eigenvalue weighted by Gasteiger charge is -2.34. The Morgan fingerprint density at radius 3 is 2.42 bits per heavy atom. The summed E-state index contributed by atoms with van der Waals surface area (Å²) in [6.07, 6.45) is 5.45. The van der Waals surface area contributed by atoms with Gasteiger partial charge in [0.25, 0.3) is 0 Å². The Hall–Kier alpha value is -2.65. The monoisotopic (exact) mass is 373 g/mol. The van der Waals surface area contributed by atoms with Crippen molar-refractivity contribution in [2.75, 3.05) is 31.1 Å². The van der Waals surface area contributed by atoms with Crippen LogP contribution in [0.4, 0.5) is 10.3 Å². The fourth-order valence-corrected chi connectivity index (χ4v) is 4.69. The highest BCUT2D eigenvalue weighted by Crippen LogP contribution is 2.26. The number of nitrogens with zero attached hydrogens (tertiary/aromatic N) is 5. The van der Waals surface area contributed by atoms with Crippen molar-refractivity contribution in [3.63, 3.8) is 0 Å². The van der Waals surface area contributed by atoms with Gasteiger partial charge < -0.3 is 4.90 Å². The molecule has 1 aromatic carbocycles. The molecule has 26 heavy (non-hydrogen) atoms. The van der Waals surface area contributed by atoms with E-state index in [1.54, 1.807) is 30.6 Å². The molecule has 1 fully saturated rings. The molecule has 0 spiro atoms. The minimum absolute atomic E-state index is 0.281. The third-order valence-corrected chi connectivity index (χ3v) is 6.34. The zero-order chi connectivity index (χ0) is 18.1. The smallest absolute Gasteiger partial charge is 0.243 e. The Kier molecular flexibility index (Phi) is 4.25. The van der Waals surface area contributed by atoms with Crippen molar-refractivity contribution < 1.29 is 12.8 Å². The molecule has 7 nitrogen and oxygen atoms in total. The topological polar surface area (TPSA) is 79.3 Å². The molecule has 0 radical (unpaired) electrons. The van der Waals surface area contributed by atoms with Crippen LogP contribution >= 0.6 is 0 Å². The SMILES string of the molecule is O=S(=O)(c1cccc2cnccc12)N1CCN(c2ncc(F)cn2)CC1. The quantitative estimate of drug-likeness (QED) is 0.695. The van der Waals surface area contributed by atoms with Gasteiger partial charge in [-0.3, -0.25) is 4.98 Å². The zero-order valence-corrected chi connectivity index (χ0v) is 14.6. The summed E-state index contributed by atoms with van der Waals surface area (Å²) in [5.41, 5.74) is 0. The summed E-state index contributed by atoms with van der Waals surface area (Å²) in [5.74, 6) is -0.0971. The van der Waals surface area contributed by atoms with Crippen LogP contribution in [0.1, 0.15) is 0 Å². The van der Waals surface area contributed by atoms with Gasteiger partial charge in [-0.2, -0.15) is 4.31 Å². The summed E-state index contributed by atoms with van der Waals surface area (Å²) in [4.78, 5) is 14.1. The molecule has 0 unspecified atom stereocenters. The van der Waals surface area contributed by atoms with Gasteiger partial charge in [-0.15, -0.1) is 0 Å². The number of benzene rings is 1. The molecular formula is C17H16FN5O2S. The average Bonchev–Trinajstić information content (AvgIpc) is 2.68. The number of fused-ring (bicyclic) bond motifs is 1. The third-order valence-electron chi connectivity index (χ3n) is 4.39. The first-order valence-electron chi connectivity index (χ1n) is 8.11. The van der Waals surface area contributed by atoms with E-state index in [4.69, 9.17) is 0 Å². The maximum Gasteiger partial charge on any atom is 0.243 e. The van der Waals surface area contributed by atoms with Crippen molar-refractivity contribution in [1.82, 2.24) is 19.3 Å². The molecule has 0 saturated carbocycles. The number of sulfonamides is 1. The molecule has 134 valence electrons. The maximum atomic E-state index is 13.1. The van der Waals surface area contributed by atoms with Crippen LogP contribution in [0.3, 0.4) is 0 Å². The number of aromatic nitrogens is 3. The third kappa shape index (κ3) is 2.99. The molecule has 0 aliphatic carbocycles. The van der Waals surface area contributed by atoms with E-state index in [0.29, 0.717) is 37.5 Å². The van der Waals surface area contributed by atoms with Crippen LogP contribution in [0.5, 0.6) is 0 Å². The first-order chi connectivity index (χ1) is 12.6. The van der Waals surface area contributed by atoms with Crippen LogP contribution in [0.2, 0.25) is 0 Å². The Morgan fingerprint density at radius 1 is 0.962 bits per heavy atom. The molecule has 0 atom stereocenters. The van der Waals surface area contributed by atoms with Crippen LogP contribution in [0.15, 0.2) is 53.9 Å². The molecule has 0 N–H and O–H groups in total. The molecule has 1 saturated heterocycles. The average molecular weight is 373 g/mol. The number of hydrogen-bond donors (Lipinski definition) is 0. The van der Waals surface area contributed by atoms with E-state index in [-0.39, 0.29) is 4.90 Å². The fourth-order valence-electron chi connectivity index (χ4n) is 3.05. The number of piperazine rings is 1. The molecule has 3 heterocycles. The van der Waals surface area contributed by atoms with Crippen molar-refractivity contribution in [3.05, 3.63) is 54.9 Å². The second-order valence-corrected chi connectivity index (χ2v) is 7.85. The van der Waals surface area contributed by atoms with Crippen LogP contribution in [-0.4, -0.2) is 53.9 Å².